The summed E-state index contributed by atoms with van der Waals surface area (Å²) in [7, 11) is -3.25. The third-order valence-electron chi connectivity index (χ3n) is 0. The molecule has 0 aliphatic rings. The summed E-state index contributed by atoms with van der Waals surface area (Å²) >= 11 is 0. The van der Waals surface area contributed by atoms with E-state index < -0.39 is 26.1 Å². The minimum absolute atomic E-state index is 0. The average Bonchev–Trinajstić information content (AvgIpc) is 1.70. The molecule has 0 aliphatic carbocycles. The van der Waals surface area contributed by atoms with Crippen LogP contribution in [0.3, 0.4) is 0 Å². The van der Waals surface area contributed by atoms with Crippen molar-refractivity contribution in [1.82, 2.24) is 0 Å². The van der Waals surface area contributed by atoms with Gasteiger partial charge in [0.1, 0.15) is 0 Å². The third kappa shape index (κ3) is 300. The van der Waals surface area contributed by atoms with Gasteiger partial charge in [0.15, 0.2) is 0 Å². The molecule has 1 radical (unpaired) electrons. The van der Waals surface area contributed by atoms with Crippen molar-refractivity contribution in [3.63, 3.8) is 0 Å². The molecule has 0 saturated heterocycles. The summed E-state index contributed by atoms with van der Waals surface area (Å²) < 4.78 is 25.0. The van der Waals surface area contributed by atoms with Crippen molar-refractivity contribution in [1.29, 1.82) is 0 Å². The normalized spacial score (nSPS) is 6.30. The molecular formula is O6P3Pm-3. The van der Waals surface area contributed by atoms with Gasteiger partial charge in [-0.2, -0.15) is 0 Å². The van der Waals surface area contributed by atoms with Crippen molar-refractivity contribution in [3.05, 3.63) is 0 Å². The Bertz CT molecular complexity index is 49.7. The van der Waals surface area contributed by atoms with E-state index in [1.807, 2.05) is 0 Å². The van der Waals surface area contributed by atoms with Gasteiger partial charge in [0.05, 0.1) is 26.1 Å². The van der Waals surface area contributed by atoms with E-state index in [0.717, 1.165) is 0 Å². The van der Waals surface area contributed by atoms with E-state index in [1.165, 1.54) is 0 Å². The fourth-order valence-electron chi connectivity index (χ4n) is 0. The van der Waals surface area contributed by atoms with Gasteiger partial charge >= 0.3 is 0 Å². The van der Waals surface area contributed by atoms with Crippen molar-refractivity contribution in [2.45, 2.75) is 0 Å². The largest absolute Gasteiger partial charge is 0.772 e. The van der Waals surface area contributed by atoms with Gasteiger partial charge < -0.3 is 14.7 Å². The molecule has 10 heavy (non-hydrogen) atoms. The molecule has 0 unspecified atom stereocenters. The van der Waals surface area contributed by atoms with Crippen LogP contribution in [-0.2, 0) is 13.7 Å². The molecule has 0 aromatic heterocycles. The van der Waals surface area contributed by atoms with Crippen molar-refractivity contribution in [2.24, 2.45) is 0 Å². The minimum Gasteiger partial charge on any atom is -0.772 e. The molecule has 0 bridgehead atoms. The quantitative estimate of drug-likeness (QED) is 0.506. The second-order valence-electron chi connectivity index (χ2n) is 0.224. The Hall–Kier alpha value is 1.52. The Morgan fingerprint density at radius 3 is 0.700 bits per heavy atom. The van der Waals surface area contributed by atoms with Crippen LogP contribution in [0.25, 0.3) is 0 Å². The van der Waals surface area contributed by atoms with Crippen LogP contribution in [0.15, 0.2) is 0 Å². The van der Waals surface area contributed by atoms with Gasteiger partial charge in [-0.1, -0.05) is 0 Å². The predicted octanol–water partition coefficient (Wildman–Crippen LogP) is -1.34. The first-order chi connectivity index (χ1) is 4.24. The second kappa shape index (κ2) is 46.7. The van der Waals surface area contributed by atoms with E-state index in [4.69, 9.17) is 28.4 Å². The van der Waals surface area contributed by atoms with Gasteiger partial charge in [0.25, 0.3) is 0 Å². The Balaban J connectivity index is -0.0000000257. The Morgan fingerprint density at radius 1 is 0.700 bits per heavy atom. The van der Waals surface area contributed by atoms with Crippen LogP contribution in [0.2, 0.25) is 0 Å². The first-order valence-corrected chi connectivity index (χ1v) is 3.29. The summed E-state index contributed by atoms with van der Waals surface area (Å²) in [5.74, 6) is 0. The first-order valence-electron chi connectivity index (χ1n) is 1.10. The van der Waals surface area contributed by atoms with E-state index in [2.05, 4.69) is 0 Å². The molecule has 0 heterocycles. The van der Waals surface area contributed by atoms with E-state index in [1.54, 1.807) is 0 Å². The molecule has 0 fully saturated rings. The molecule has 10 heteroatoms. The zero-order chi connectivity index (χ0) is 8.12. The van der Waals surface area contributed by atoms with Gasteiger partial charge in [0, 0.05) is 40.4 Å². The zero-order valence-corrected chi connectivity index (χ0v) is 9.79. The van der Waals surface area contributed by atoms with Crippen LogP contribution in [0.5, 0.6) is 0 Å². The molecule has 0 N–H and O–H groups in total. The molecule has 0 aromatic carbocycles. The Kier molecular flexibility index (Phi) is 105. The van der Waals surface area contributed by atoms with Crippen molar-refractivity contribution >= 4 is 26.1 Å². The SMILES string of the molecule is O=P[O-].O=P[O-].O=P[O-].[Pm]. The second-order valence-corrected chi connectivity index (χ2v) is 0.671. The zero-order valence-electron chi connectivity index (χ0n) is 4.24. The van der Waals surface area contributed by atoms with Crippen molar-refractivity contribution in [2.75, 3.05) is 0 Å². The summed E-state index contributed by atoms with van der Waals surface area (Å²) in [5.41, 5.74) is 0. The standard InChI is InChI=1S/3HO2P.Pm/c3*1-3-2;/h3*(H,1,2);/p-3. The molecule has 0 aromatic rings. The van der Waals surface area contributed by atoms with E-state index in [-0.39, 0.29) is 40.4 Å². The molecule has 6 nitrogen and oxygen atoms in total. The van der Waals surface area contributed by atoms with Crippen molar-refractivity contribution < 1.29 is 68.8 Å². The summed E-state index contributed by atoms with van der Waals surface area (Å²) in [6, 6.07) is 0. The Morgan fingerprint density at radius 2 is 0.700 bits per heavy atom. The topological polar surface area (TPSA) is 120 Å². The van der Waals surface area contributed by atoms with E-state index in [9.17, 15) is 0 Å². The first kappa shape index (κ1) is 22.5. The van der Waals surface area contributed by atoms with Crippen molar-refractivity contribution in [3.8, 4) is 0 Å². The van der Waals surface area contributed by atoms with Gasteiger partial charge in [-0.3, -0.25) is 13.7 Å². The molecule has 0 saturated carbocycles. The molecule has 0 rings (SSSR count). The van der Waals surface area contributed by atoms with E-state index in [0.29, 0.717) is 0 Å². The molecule has 0 amide bonds. The fourth-order valence-corrected chi connectivity index (χ4v) is 0. The van der Waals surface area contributed by atoms with Gasteiger partial charge in [-0.15, -0.1) is 0 Å². The predicted molar refractivity (Wildman–Crippen MR) is 22.8 cm³/mol. The number of hydrogen-bond donors (Lipinski definition) is 0. The maximum Gasteiger partial charge on any atom is 0.0642 e. The molecular weight excluding hydrogens is 334 g/mol. The van der Waals surface area contributed by atoms with Gasteiger partial charge in [-0.25, -0.2) is 0 Å². The van der Waals surface area contributed by atoms with E-state index >= 15 is 0 Å². The van der Waals surface area contributed by atoms with Gasteiger partial charge in [0.2, 0.25) is 0 Å². The average molecular weight is 334 g/mol. The fraction of sp³-hybridized carbons (Fsp3) is 0. The Labute approximate surface area is 94.0 Å². The maximum atomic E-state index is 8.35. The summed E-state index contributed by atoms with van der Waals surface area (Å²) in [6.07, 6.45) is 0. The summed E-state index contributed by atoms with van der Waals surface area (Å²) in [4.78, 5) is 25.0. The van der Waals surface area contributed by atoms with Crippen LogP contribution in [0.4, 0.5) is 0 Å². The van der Waals surface area contributed by atoms with Crippen LogP contribution < -0.4 is 14.7 Å². The number of rotatable bonds is 0. The summed E-state index contributed by atoms with van der Waals surface area (Å²) in [6.45, 7) is 0. The molecule has 0 aliphatic heterocycles. The molecule has 0 spiro atoms. The van der Waals surface area contributed by atoms with Gasteiger partial charge in [-0.05, 0) is 0 Å². The van der Waals surface area contributed by atoms with Crippen LogP contribution in [0.1, 0.15) is 0 Å². The van der Waals surface area contributed by atoms with Crippen LogP contribution in [-0.4, -0.2) is 0 Å². The third-order valence-corrected chi connectivity index (χ3v) is 0. The number of hydrogen-bond acceptors (Lipinski definition) is 6. The van der Waals surface area contributed by atoms with Crippen LogP contribution in [0, 0.1) is 40.4 Å². The smallest absolute Gasteiger partial charge is 0.0642 e. The summed E-state index contributed by atoms with van der Waals surface area (Å²) in [5, 5.41) is 0. The van der Waals surface area contributed by atoms with Crippen LogP contribution >= 0.6 is 26.1 Å². The maximum absolute atomic E-state index is 8.35. The molecule has 59 valence electrons. The molecule has 0 atom stereocenters. The monoisotopic (exact) mass is 334 g/mol. The minimum atomic E-state index is -1.08.